The predicted octanol–water partition coefficient (Wildman–Crippen LogP) is 4.29. The second-order valence-corrected chi connectivity index (χ2v) is 8.47. The van der Waals surface area contributed by atoms with Crippen LogP contribution in [0.2, 0.25) is 0 Å². The Labute approximate surface area is 176 Å². The van der Waals surface area contributed by atoms with Crippen molar-refractivity contribution in [1.82, 2.24) is 25.0 Å². The Bertz CT molecular complexity index is 1050. The molecular weight excluding hydrogens is 379 g/mol. The van der Waals surface area contributed by atoms with Gasteiger partial charge in [-0.05, 0) is 56.4 Å². The van der Waals surface area contributed by atoms with Crippen molar-refractivity contribution in [3.05, 3.63) is 53.4 Å². The molecule has 2 aliphatic heterocycles. The number of piperidine rings is 1. The molecule has 6 nitrogen and oxygen atoms in total. The quantitative estimate of drug-likeness (QED) is 0.649. The molecule has 7 heteroatoms. The highest BCUT2D eigenvalue weighted by atomic mass is 19.1. The van der Waals surface area contributed by atoms with Crippen molar-refractivity contribution < 1.29 is 4.39 Å². The molecule has 0 bridgehead atoms. The minimum absolute atomic E-state index is 0.262. The molecule has 1 fully saturated rings. The number of halogens is 1. The van der Waals surface area contributed by atoms with Crippen LogP contribution in [0.3, 0.4) is 0 Å². The van der Waals surface area contributed by atoms with Gasteiger partial charge >= 0.3 is 0 Å². The molecule has 0 aliphatic carbocycles. The number of anilines is 1. The van der Waals surface area contributed by atoms with Gasteiger partial charge in [0.15, 0.2) is 5.82 Å². The average molecular weight is 407 g/mol. The lowest BCUT2D eigenvalue weighted by Crippen LogP contribution is -2.36. The van der Waals surface area contributed by atoms with E-state index in [1.54, 1.807) is 6.07 Å². The van der Waals surface area contributed by atoms with Crippen LogP contribution in [0.15, 0.2) is 30.3 Å². The van der Waals surface area contributed by atoms with E-state index in [1.165, 1.54) is 31.4 Å². The van der Waals surface area contributed by atoms with Gasteiger partial charge in [-0.25, -0.2) is 4.39 Å². The highest BCUT2D eigenvalue weighted by Gasteiger charge is 2.28. The number of aromatic nitrogens is 5. The molecule has 2 aliphatic rings. The average Bonchev–Trinajstić information content (AvgIpc) is 3.02. The van der Waals surface area contributed by atoms with Crippen molar-refractivity contribution in [2.45, 2.75) is 57.9 Å². The van der Waals surface area contributed by atoms with Gasteiger partial charge in [0, 0.05) is 37.5 Å². The fourth-order valence-corrected chi connectivity index (χ4v) is 4.77. The number of rotatable bonds is 3. The molecule has 1 saturated heterocycles. The third-order valence-electron chi connectivity index (χ3n) is 6.30. The first-order chi connectivity index (χ1) is 14.7. The van der Waals surface area contributed by atoms with Crippen molar-refractivity contribution in [1.29, 1.82) is 0 Å². The Morgan fingerprint density at radius 1 is 0.967 bits per heavy atom. The zero-order chi connectivity index (χ0) is 20.5. The van der Waals surface area contributed by atoms with Crippen LogP contribution in [0.5, 0.6) is 0 Å². The van der Waals surface area contributed by atoms with E-state index in [2.05, 4.69) is 36.8 Å². The van der Waals surface area contributed by atoms with Crippen LogP contribution in [0.25, 0.3) is 11.3 Å². The molecule has 156 valence electrons. The molecule has 1 aromatic carbocycles. The lowest BCUT2D eigenvalue weighted by atomic mass is 9.96. The number of fused-ring (bicyclic) bond motifs is 1. The third kappa shape index (κ3) is 3.68. The number of aryl methyl sites for hydroxylation is 2. The molecule has 0 spiro atoms. The minimum Gasteiger partial charge on any atom is -0.354 e. The topological polar surface area (TPSA) is 59.7 Å². The first-order valence-electron chi connectivity index (χ1n) is 11.0. The molecular formula is C23H27FN6. The summed E-state index contributed by atoms with van der Waals surface area (Å²) in [6, 6.07) is 8.50. The van der Waals surface area contributed by atoms with Gasteiger partial charge in [-0.3, -0.25) is 0 Å². The van der Waals surface area contributed by atoms with Crippen molar-refractivity contribution in [3.63, 3.8) is 0 Å². The Kier molecular flexibility index (Phi) is 5.19. The maximum atomic E-state index is 13.6. The van der Waals surface area contributed by atoms with Gasteiger partial charge in [0.2, 0.25) is 0 Å². The zero-order valence-electron chi connectivity index (χ0n) is 17.4. The Hall–Kier alpha value is -2.83. The molecule has 0 unspecified atom stereocenters. The summed E-state index contributed by atoms with van der Waals surface area (Å²) in [5.41, 5.74) is 2.51. The maximum absolute atomic E-state index is 13.6. The standard InChI is InChI=1S/C23H27FN6/c1-16-13-20(17-7-5-9-19(24)14-17)25-27-22(16)29-11-6-8-18(15-29)23-28-26-21-10-3-2-4-12-30(21)23/h5,7,9,13-14,18H,2-4,6,8,10-12,15H2,1H3/t18-/m1/s1. The zero-order valence-corrected chi connectivity index (χ0v) is 17.4. The lowest BCUT2D eigenvalue weighted by molar-refractivity contribution is 0.462. The van der Waals surface area contributed by atoms with E-state index in [0.717, 1.165) is 67.5 Å². The predicted molar refractivity (Wildman–Crippen MR) is 114 cm³/mol. The molecule has 1 atom stereocenters. The summed E-state index contributed by atoms with van der Waals surface area (Å²) < 4.78 is 15.9. The number of benzene rings is 1. The van der Waals surface area contributed by atoms with Gasteiger partial charge in [-0.2, -0.15) is 0 Å². The van der Waals surface area contributed by atoms with E-state index in [9.17, 15) is 4.39 Å². The summed E-state index contributed by atoms with van der Waals surface area (Å²) in [6.45, 7) is 4.94. The minimum atomic E-state index is -0.262. The van der Waals surface area contributed by atoms with Crippen LogP contribution >= 0.6 is 0 Å². The third-order valence-corrected chi connectivity index (χ3v) is 6.30. The number of hydrogen-bond acceptors (Lipinski definition) is 5. The molecule has 30 heavy (non-hydrogen) atoms. The Morgan fingerprint density at radius 2 is 1.90 bits per heavy atom. The van der Waals surface area contributed by atoms with Crippen molar-refractivity contribution in [2.75, 3.05) is 18.0 Å². The largest absolute Gasteiger partial charge is 0.354 e. The lowest BCUT2D eigenvalue weighted by Gasteiger charge is -2.33. The summed E-state index contributed by atoms with van der Waals surface area (Å²) in [7, 11) is 0. The molecule has 0 radical (unpaired) electrons. The van der Waals surface area contributed by atoms with Crippen LogP contribution in [0.1, 0.15) is 55.2 Å². The Morgan fingerprint density at radius 3 is 2.77 bits per heavy atom. The molecule has 5 rings (SSSR count). The van der Waals surface area contributed by atoms with Gasteiger partial charge in [-0.15, -0.1) is 20.4 Å². The van der Waals surface area contributed by atoms with Crippen molar-refractivity contribution >= 4 is 5.82 Å². The van der Waals surface area contributed by atoms with E-state index >= 15 is 0 Å². The van der Waals surface area contributed by atoms with Gasteiger partial charge in [-0.1, -0.05) is 18.6 Å². The first kappa shape index (κ1) is 19.2. The summed E-state index contributed by atoms with van der Waals surface area (Å²) in [4.78, 5) is 2.32. The summed E-state index contributed by atoms with van der Waals surface area (Å²) >= 11 is 0. The summed E-state index contributed by atoms with van der Waals surface area (Å²) in [6.07, 6.45) is 6.95. The molecule has 0 N–H and O–H groups in total. The summed E-state index contributed by atoms with van der Waals surface area (Å²) in [5, 5.41) is 18.0. The van der Waals surface area contributed by atoms with Crippen LogP contribution in [0.4, 0.5) is 10.2 Å². The fraction of sp³-hybridized carbons (Fsp3) is 0.478. The van der Waals surface area contributed by atoms with Crippen molar-refractivity contribution in [2.24, 2.45) is 0 Å². The second kappa shape index (κ2) is 8.13. The van der Waals surface area contributed by atoms with Crippen molar-refractivity contribution in [3.8, 4) is 11.3 Å². The number of hydrogen-bond donors (Lipinski definition) is 0. The van der Waals surface area contributed by atoms with E-state index in [0.29, 0.717) is 11.6 Å². The monoisotopic (exact) mass is 406 g/mol. The molecule has 3 aromatic rings. The SMILES string of the molecule is Cc1cc(-c2cccc(F)c2)nnc1N1CCC[C@@H](c2nnc3n2CCCCC3)C1. The highest BCUT2D eigenvalue weighted by molar-refractivity contribution is 5.62. The van der Waals surface area contributed by atoms with Gasteiger partial charge in [0.1, 0.15) is 17.5 Å². The molecule has 2 aromatic heterocycles. The first-order valence-corrected chi connectivity index (χ1v) is 11.0. The fourth-order valence-electron chi connectivity index (χ4n) is 4.77. The van der Waals surface area contributed by atoms with Gasteiger partial charge < -0.3 is 9.47 Å². The molecule has 0 saturated carbocycles. The van der Waals surface area contributed by atoms with E-state index < -0.39 is 0 Å². The van der Waals surface area contributed by atoms with E-state index in [4.69, 9.17) is 0 Å². The normalized spacial score (nSPS) is 19.4. The van der Waals surface area contributed by atoms with Crippen LogP contribution in [-0.2, 0) is 13.0 Å². The van der Waals surface area contributed by atoms with Gasteiger partial charge in [0.05, 0.1) is 5.69 Å². The highest BCUT2D eigenvalue weighted by Crippen LogP contribution is 2.31. The van der Waals surface area contributed by atoms with E-state index in [-0.39, 0.29) is 5.82 Å². The van der Waals surface area contributed by atoms with Crippen LogP contribution in [-0.4, -0.2) is 38.1 Å². The number of nitrogens with zero attached hydrogens (tertiary/aromatic N) is 6. The Balaban J connectivity index is 1.38. The molecule has 4 heterocycles. The smallest absolute Gasteiger partial charge is 0.154 e. The van der Waals surface area contributed by atoms with Gasteiger partial charge in [0.25, 0.3) is 0 Å². The van der Waals surface area contributed by atoms with Crippen LogP contribution < -0.4 is 4.90 Å². The molecule has 0 amide bonds. The maximum Gasteiger partial charge on any atom is 0.154 e. The van der Waals surface area contributed by atoms with E-state index in [1.807, 2.05) is 12.1 Å². The second-order valence-electron chi connectivity index (χ2n) is 8.47. The summed E-state index contributed by atoms with van der Waals surface area (Å²) in [5.74, 6) is 3.30. The van der Waals surface area contributed by atoms with Crippen LogP contribution in [0, 0.1) is 12.7 Å².